The summed E-state index contributed by atoms with van der Waals surface area (Å²) in [6, 6.07) is 2.80. The summed E-state index contributed by atoms with van der Waals surface area (Å²) in [6.07, 6.45) is 1.55. The predicted molar refractivity (Wildman–Crippen MR) is 82.2 cm³/mol. The second kappa shape index (κ2) is 9.13. The van der Waals surface area contributed by atoms with E-state index in [0.717, 1.165) is 0 Å². The van der Waals surface area contributed by atoms with Crippen molar-refractivity contribution >= 4 is 46.7 Å². The molecule has 116 valence electrons. The van der Waals surface area contributed by atoms with Gasteiger partial charge < -0.3 is 9.47 Å². The van der Waals surface area contributed by atoms with Gasteiger partial charge in [0.25, 0.3) is 0 Å². The lowest BCUT2D eigenvalue weighted by Gasteiger charge is -2.07. The molecule has 0 unspecified atom stereocenters. The smallest absolute Gasteiger partial charge is 0.311 e. The molecule has 0 spiro atoms. The normalized spacial score (nSPS) is 10.3. The van der Waals surface area contributed by atoms with Crippen LogP contribution in [0.1, 0.15) is 32.6 Å². The van der Waals surface area contributed by atoms with Crippen LogP contribution in [-0.2, 0) is 14.3 Å². The second-order valence-corrected chi connectivity index (χ2v) is 5.40. The van der Waals surface area contributed by atoms with E-state index in [1.165, 1.54) is 12.1 Å². The van der Waals surface area contributed by atoms with Crippen molar-refractivity contribution in [3.63, 3.8) is 0 Å². The highest BCUT2D eigenvalue weighted by atomic mass is 35.5. The van der Waals surface area contributed by atoms with E-state index < -0.39 is 5.97 Å². The van der Waals surface area contributed by atoms with Crippen molar-refractivity contribution < 1.29 is 19.1 Å². The summed E-state index contributed by atoms with van der Waals surface area (Å²) in [7, 11) is 0. The zero-order chi connectivity index (χ0) is 15.8. The fraction of sp³-hybridized carbons (Fsp3) is 0.429. The fourth-order valence-corrected chi connectivity index (χ4v) is 2.10. The molecular formula is C14H15Cl3O4. The minimum atomic E-state index is -0.445. The Morgan fingerprint density at radius 2 is 1.52 bits per heavy atom. The molecule has 7 heteroatoms. The average Bonchev–Trinajstić information content (AvgIpc) is 2.41. The molecule has 0 bridgehead atoms. The summed E-state index contributed by atoms with van der Waals surface area (Å²) < 4.78 is 9.89. The van der Waals surface area contributed by atoms with Crippen LogP contribution in [0.15, 0.2) is 12.1 Å². The van der Waals surface area contributed by atoms with E-state index in [-0.39, 0.29) is 39.6 Å². The van der Waals surface area contributed by atoms with Crippen LogP contribution in [0.25, 0.3) is 0 Å². The van der Waals surface area contributed by atoms with Crippen LogP contribution in [-0.4, -0.2) is 18.5 Å². The van der Waals surface area contributed by atoms with Gasteiger partial charge in [-0.3, -0.25) is 9.59 Å². The molecule has 4 nitrogen and oxygen atoms in total. The van der Waals surface area contributed by atoms with E-state index in [2.05, 4.69) is 0 Å². The summed E-state index contributed by atoms with van der Waals surface area (Å²) in [5.74, 6) is -0.543. The Morgan fingerprint density at radius 1 is 0.952 bits per heavy atom. The van der Waals surface area contributed by atoms with Gasteiger partial charge >= 0.3 is 11.9 Å². The van der Waals surface area contributed by atoms with E-state index in [0.29, 0.717) is 19.4 Å². The maximum Gasteiger partial charge on any atom is 0.311 e. The van der Waals surface area contributed by atoms with E-state index in [1.807, 2.05) is 0 Å². The third kappa shape index (κ3) is 6.55. The van der Waals surface area contributed by atoms with E-state index in [1.54, 1.807) is 6.92 Å². The number of halogens is 3. The van der Waals surface area contributed by atoms with Crippen LogP contribution in [0, 0.1) is 0 Å². The van der Waals surface area contributed by atoms with Gasteiger partial charge in [0.1, 0.15) is 0 Å². The van der Waals surface area contributed by atoms with E-state index in [4.69, 9.17) is 44.3 Å². The predicted octanol–water partition coefficient (Wildman–Crippen LogP) is 4.68. The lowest BCUT2D eigenvalue weighted by molar-refractivity contribution is -0.143. The van der Waals surface area contributed by atoms with Crippen LogP contribution >= 0.6 is 34.8 Å². The maximum atomic E-state index is 11.7. The first-order valence-electron chi connectivity index (χ1n) is 6.45. The van der Waals surface area contributed by atoms with Crippen molar-refractivity contribution in [3.05, 3.63) is 27.2 Å². The molecule has 0 aromatic heterocycles. The zero-order valence-electron chi connectivity index (χ0n) is 11.5. The number of ether oxygens (including phenoxy) is 2. The van der Waals surface area contributed by atoms with Gasteiger partial charge in [0.05, 0.1) is 21.7 Å². The van der Waals surface area contributed by atoms with Crippen LogP contribution in [0.2, 0.25) is 15.1 Å². The molecular weight excluding hydrogens is 339 g/mol. The topological polar surface area (TPSA) is 52.6 Å². The van der Waals surface area contributed by atoms with Gasteiger partial charge in [0, 0.05) is 18.9 Å². The third-order valence-electron chi connectivity index (χ3n) is 2.52. The number of carbonyl (C=O) groups is 2. The molecule has 0 heterocycles. The quantitative estimate of drug-likeness (QED) is 0.309. The number of carbonyl (C=O) groups excluding carboxylic acids is 2. The first-order valence-corrected chi connectivity index (χ1v) is 7.58. The molecule has 0 aliphatic carbocycles. The minimum Gasteiger partial charge on any atom is -0.466 e. The van der Waals surface area contributed by atoms with Gasteiger partial charge in [-0.05, 0) is 25.8 Å². The summed E-state index contributed by atoms with van der Waals surface area (Å²) in [4.78, 5) is 22.8. The summed E-state index contributed by atoms with van der Waals surface area (Å²) in [5.41, 5.74) is 0. The van der Waals surface area contributed by atoms with E-state index >= 15 is 0 Å². The highest BCUT2D eigenvalue weighted by Gasteiger charge is 2.12. The van der Waals surface area contributed by atoms with Crippen molar-refractivity contribution in [2.45, 2.75) is 32.6 Å². The lowest BCUT2D eigenvalue weighted by Crippen LogP contribution is -2.09. The first-order chi connectivity index (χ1) is 9.93. The van der Waals surface area contributed by atoms with Gasteiger partial charge in [-0.25, -0.2) is 0 Å². The van der Waals surface area contributed by atoms with E-state index in [9.17, 15) is 9.59 Å². The molecule has 0 atom stereocenters. The Labute approximate surface area is 138 Å². The van der Waals surface area contributed by atoms with Crippen LogP contribution in [0.5, 0.6) is 5.75 Å². The molecule has 1 rings (SSSR count). The van der Waals surface area contributed by atoms with Gasteiger partial charge in [-0.2, -0.15) is 0 Å². The summed E-state index contributed by atoms with van der Waals surface area (Å²) >= 11 is 17.5. The highest BCUT2D eigenvalue weighted by Crippen LogP contribution is 2.34. The van der Waals surface area contributed by atoms with Crippen molar-refractivity contribution in [1.82, 2.24) is 0 Å². The molecule has 21 heavy (non-hydrogen) atoms. The summed E-state index contributed by atoms with van der Waals surface area (Å²) in [5, 5.41) is 0.756. The average molecular weight is 354 g/mol. The number of hydrogen-bond acceptors (Lipinski definition) is 4. The van der Waals surface area contributed by atoms with Crippen molar-refractivity contribution in [1.29, 1.82) is 0 Å². The lowest BCUT2D eigenvalue weighted by atomic mass is 10.2. The first kappa shape index (κ1) is 18.1. The molecule has 0 radical (unpaired) electrons. The fourth-order valence-electron chi connectivity index (χ4n) is 1.53. The van der Waals surface area contributed by atoms with Crippen molar-refractivity contribution in [2.75, 3.05) is 6.61 Å². The molecule has 0 amide bonds. The number of esters is 2. The minimum absolute atomic E-state index is 0.168. The number of benzene rings is 1. The Hall–Kier alpha value is -0.970. The molecule has 1 aromatic carbocycles. The molecule has 0 aliphatic heterocycles. The Morgan fingerprint density at radius 3 is 2.14 bits per heavy atom. The number of rotatable bonds is 7. The molecule has 0 fully saturated rings. The molecule has 0 saturated carbocycles. The Balaban J connectivity index is 2.37. The summed E-state index contributed by atoms with van der Waals surface area (Å²) in [6.45, 7) is 2.10. The van der Waals surface area contributed by atoms with Crippen LogP contribution in [0.4, 0.5) is 0 Å². The van der Waals surface area contributed by atoms with Crippen molar-refractivity contribution in [3.8, 4) is 5.75 Å². The largest absolute Gasteiger partial charge is 0.466 e. The van der Waals surface area contributed by atoms with Crippen molar-refractivity contribution in [2.24, 2.45) is 0 Å². The van der Waals surface area contributed by atoms with Gasteiger partial charge in [-0.1, -0.05) is 34.8 Å². The molecule has 1 aromatic rings. The van der Waals surface area contributed by atoms with Crippen LogP contribution in [0.3, 0.4) is 0 Å². The maximum absolute atomic E-state index is 11.7. The second-order valence-electron chi connectivity index (χ2n) is 4.18. The number of unbranched alkanes of at least 4 members (excludes halogenated alkanes) is 1. The van der Waals surface area contributed by atoms with Gasteiger partial charge in [0.15, 0.2) is 5.75 Å². The SMILES string of the molecule is CCOC(=O)CCCCC(=O)Oc1cc(Cl)c(Cl)cc1Cl. The molecule has 0 aliphatic rings. The zero-order valence-corrected chi connectivity index (χ0v) is 13.7. The molecule has 0 N–H and O–H groups in total. The highest BCUT2D eigenvalue weighted by molar-refractivity contribution is 6.43. The van der Waals surface area contributed by atoms with Crippen LogP contribution < -0.4 is 4.74 Å². The standard InChI is InChI=1S/C14H15Cl3O4/c1-2-20-13(18)5-3-4-6-14(19)21-12-8-10(16)9(15)7-11(12)17/h7-8H,2-6H2,1H3. The van der Waals surface area contributed by atoms with Gasteiger partial charge in [0.2, 0.25) is 0 Å². The third-order valence-corrected chi connectivity index (χ3v) is 3.53. The Bertz CT molecular complexity index is 517. The Kier molecular flexibility index (Phi) is 7.86. The molecule has 0 saturated heterocycles. The monoisotopic (exact) mass is 352 g/mol. The van der Waals surface area contributed by atoms with Gasteiger partial charge in [-0.15, -0.1) is 0 Å². The number of hydrogen-bond donors (Lipinski definition) is 0.